The third-order valence-electron chi connectivity index (χ3n) is 3.84. The van der Waals surface area contributed by atoms with Gasteiger partial charge in [0.2, 0.25) is 0 Å². The first-order valence-electron chi connectivity index (χ1n) is 6.94. The fraction of sp³-hybridized carbons (Fsp3) is 0.600. The molecule has 0 atom stereocenters. The van der Waals surface area contributed by atoms with Crippen molar-refractivity contribution in [2.45, 2.75) is 26.3 Å². The van der Waals surface area contributed by atoms with Crippen molar-refractivity contribution in [3.05, 3.63) is 30.1 Å². The molecule has 1 aliphatic heterocycles. The van der Waals surface area contributed by atoms with Crippen molar-refractivity contribution < 1.29 is 9.53 Å². The Morgan fingerprint density at radius 3 is 2.79 bits per heavy atom. The van der Waals surface area contributed by atoms with Crippen molar-refractivity contribution in [2.75, 3.05) is 26.3 Å². The van der Waals surface area contributed by atoms with E-state index in [0.717, 1.165) is 44.5 Å². The average Bonchev–Trinajstić information content (AvgIpc) is 2.48. The lowest BCUT2D eigenvalue weighted by molar-refractivity contribution is -0.123. The van der Waals surface area contributed by atoms with Gasteiger partial charge in [-0.1, -0.05) is 13.0 Å². The van der Waals surface area contributed by atoms with Crippen LogP contribution in [0.4, 0.5) is 0 Å². The Kier molecular flexibility index (Phi) is 5.05. The van der Waals surface area contributed by atoms with Crippen LogP contribution < -0.4 is 0 Å². The summed E-state index contributed by atoms with van der Waals surface area (Å²) in [6, 6.07) is 5.95. The lowest BCUT2D eigenvalue weighted by atomic mass is 9.81. The van der Waals surface area contributed by atoms with Crippen molar-refractivity contribution in [3.63, 3.8) is 0 Å². The van der Waals surface area contributed by atoms with Crippen molar-refractivity contribution in [1.82, 2.24) is 9.88 Å². The van der Waals surface area contributed by atoms with E-state index in [0.29, 0.717) is 13.2 Å². The molecule has 2 rings (SSSR count). The Morgan fingerprint density at radius 2 is 2.21 bits per heavy atom. The minimum Gasteiger partial charge on any atom is -0.381 e. The van der Waals surface area contributed by atoms with Gasteiger partial charge in [0, 0.05) is 37.9 Å². The number of ether oxygens (including phenoxy) is 1. The van der Waals surface area contributed by atoms with E-state index in [-0.39, 0.29) is 5.41 Å². The van der Waals surface area contributed by atoms with E-state index in [9.17, 15) is 4.79 Å². The van der Waals surface area contributed by atoms with Gasteiger partial charge in [0.1, 0.15) is 6.29 Å². The molecule has 1 aromatic rings. The minimum absolute atomic E-state index is 0.233. The van der Waals surface area contributed by atoms with E-state index in [4.69, 9.17) is 4.74 Å². The maximum atomic E-state index is 11.5. The lowest BCUT2D eigenvalue weighted by Crippen LogP contribution is -2.42. The second-order valence-corrected chi connectivity index (χ2v) is 5.22. The molecule has 0 aliphatic carbocycles. The predicted molar refractivity (Wildman–Crippen MR) is 73.7 cm³/mol. The summed E-state index contributed by atoms with van der Waals surface area (Å²) in [4.78, 5) is 18.1. The van der Waals surface area contributed by atoms with Crippen LogP contribution in [0, 0.1) is 5.41 Å². The molecular formula is C15H22N2O2. The van der Waals surface area contributed by atoms with E-state index in [1.165, 1.54) is 0 Å². The molecule has 1 aliphatic rings. The van der Waals surface area contributed by atoms with Gasteiger partial charge in [-0.3, -0.25) is 9.88 Å². The highest BCUT2D eigenvalue weighted by molar-refractivity contribution is 5.60. The second kappa shape index (κ2) is 6.78. The third kappa shape index (κ3) is 3.85. The summed E-state index contributed by atoms with van der Waals surface area (Å²) in [6.45, 7) is 6.04. The van der Waals surface area contributed by atoms with Gasteiger partial charge in [-0.15, -0.1) is 0 Å². The van der Waals surface area contributed by atoms with E-state index in [1.807, 2.05) is 24.4 Å². The summed E-state index contributed by atoms with van der Waals surface area (Å²) in [5, 5.41) is 0. The first-order valence-corrected chi connectivity index (χ1v) is 6.94. The molecule has 0 spiro atoms. The van der Waals surface area contributed by atoms with Gasteiger partial charge < -0.3 is 9.53 Å². The molecule has 1 fully saturated rings. The van der Waals surface area contributed by atoms with Gasteiger partial charge in [0.25, 0.3) is 0 Å². The Bertz CT molecular complexity index is 388. The number of hydrogen-bond donors (Lipinski definition) is 0. The summed E-state index contributed by atoms with van der Waals surface area (Å²) in [5.74, 6) is 0. The maximum Gasteiger partial charge on any atom is 0.127 e. The zero-order chi connectivity index (χ0) is 13.6. The normalized spacial score (nSPS) is 18.4. The van der Waals surface area contributed by atoms with Crippen molar-refractivity contribution in [2.24, 2.45) is 5.41 Å². The molecular weight excluding hydrogens is 240 g/mol. The molecule has 0 N–H and O–H groups in total. The van der Waals surface area contributed by atoms with E-state index in [2.05, 4.69) is 16.8 Å². The van der Waals surface area contributed by atoms with Gasteiger partial charge in [-0.25, -0.2) is 0 Å². The molecule has 0 radical (unpaired) electrons. The largest absolute Gasteiger partial charge is 0.381 e. The molecule has 0 bridgehead atoms. The summed E-state index contributed by atoms with van der Waals surface area (Å²) >= 11 is 0. The first-order chi connectivity index (χ1) is 9.28. The highest BCUT2D eigenvalue weighted by Gasteiger charge is 2.33. The Morgan fingerprint density at radius 1 is 1.42 bits per heavy atom. The quantitative estimate of drug-likeness (QED) is 0.734. The van der Waals surface area contributed by atoms with Crippen molar-refractivity contribution >= 4 is 6.29 Å². The zero-order valence-corrected chi connectivity index (χ0v) is 11.5. The topological polar surface area (TPSA) is 42.4 Å². The monoisotopic (exact) mass is 262 g/mol. The molecule has 4 nitrogen and oxygen atoms in total. The Balaban J connectivity index is 1.99. The number of pyridine rings is 1. The number of rotatable bonds is 6. The summed E-state index contributed by atoms with van der Waals surface area (Å²) in [6.07, 6.45) is 4.61. The predicted octanol–water partition coefficient (Wildman–Crippen LogP) is 1.90. The van der Waals surface area contributed by atoms with Gasteiger partial charge in [0.05, 0.1) is 5.69 Å². The van der Waals surface area contributed by atoms with Crippen LogP contribution in [-0.2, 0) is 16.1 Å². The van der Waals surface area contributed by atoms with Crippen LogP contribution in [0.3, 0.4) is 0 Å². The number of aldehydes is 1. The third-order valence-corrected chi connectivity index (χ3v) is 3.84. The fourth-order valence-corrected chi connectivity index (χ4v) is 2.54. The van der Waals surface area contributed by atoms with E-state index < -0.39 is 0 Å². The molecule has 0 unspecified atom stereocenters. The molecule has 0 saturated carbocycles. The summed E-state index contributed by atoms with van der Waals surface area (Å²) in [5.41, 5.74) is 0.820. The highest BCUT2D eigenvalue weighted by Crippen LogP contribution is 2.29. The SMILES string of the molecule is CCN(Cc1ccccn1)CC1(C=O)CCOCC1. The Hall–Kier alpha value is -1.26. The molecule has 0 aromatic carbocycles. The Labute approximate surface area is 114 Å². The molecule has 4 heteroatoms. The van der Waals surface area contributed by atoms with Crippen LogP contribution in [0.5, 0.6) is 0 Å². The number of carbonyl (C=O) groups excluding carboxylic acids is 1. The van der Waals surface area contributed by atoms with E-state index >= 15 is 0 Å². The van der Waals surface area contributed by atoms with Crippen LogP contribution >= 0.6 is 0 Å². The minimum atomic E-state index is -0.233. The molecule has 19 heavy (non-hydrogen) atoms. The van der Waals surface area contributed by atoms with Gasteiger partial charge in [0.15, 0.2) is 0 Å². The van der Waals surface area contributed by atoms with Crippen LogP contribution in [0.1, 0.15) is 25.5 Å². The first kappa shape index (κ1) is 14.2. The van der Waals surface area contributed by atoms with Crippen molar-refractivity contribution in [1.29, 1.82) is 0 Å². The smallest absolute Gasteiger partial charge is 0.127 e. The summed E-state index contributed by atoms with van der Waals surface area (Å²) < 4.78 is 5.37. The number of carbonyl (C=O) groups is 1. The fourth-order valence-electron chi connectivity index (χ4n) is 2.54. The number of nitrogens with zero attached hydrogens (tertiary/aromatic N) is 2. The van der Waals surface area contributed by atoms with Crippen LogP contribution in [0.2, 0.25) is 0 Å². The number of aromatic nitrogens is 1. The molecule has 1 saturated heterocycles. The van der Waals surface area contributed by atoms with Gasteiger partial charge in [-0.05, 0) is 31.5 Å². The molecule has 2 heterocycles. The van der Waals surface area contributed by atoms with Crippen molar-refractivity contribution in [3.8, 4) is 0 Å². The number of hydrogen-bond acceptors (Lipinski definition) is 4. The highest BCUT2D eigenvalue weighted by atomic mass is 16.5. The van der Waals surface area contributed by atoms with Gasteiger partial charge in [-0.2, -0.15) is 0 Å². The van der Waals surface area contributed by atoms with Gasteiger partial charge >= 0.3 is 0 Å². The maximum absolute atomic E-state index is 11.5. The van der Waals surface area contributed by atoms with Crippen LogP contribution in [0.25, 0.3) is 0 Å². The molecule has 0 amide bonds. The second-order valence-electron chi connectivity index (χ2n) is 5.22. The van der Waals surface area contributed by atoms with Crippen LogP contribution in [0.15, 0.2) is 24.4 Å². The standard InChI is InChI=1S/C15H22N2O2/c1-2-17(11-14-5-3-4-8-16-14)12-15(13-18)6-9-19-10-7-15/h3-5,8,13H,2,6-7,9-12H2,1H3. The molecule has 1 aromatic heterocycles. The average molecular weight is 262 g/mol. The van der Waals surface area contributed by atoms with E-state index in [1.54, 1.807) is 0 Å². The zero-order valence-electron chi connectivity index (χ0n) is 11.5. The lowest BCUT2D eigenvalue weighted by Gasteiger charge is -2.36. The summed E-state index contributed by atoms with van der Waals surface area (Å²) in [7, 11) is 0. The van der Waals surface area contributed by atoms with Crippen LogP contribution in [-0.4, -0.2) is 42.5 Å². The molecule has 104 valence electrons.